The summed E-state index contributed by atoms with van der Waals surface area (Å²) in [7, 11) is 0. The van der Waals surface area contributed by atoms with E-state index in [4.69, 9.17) is 10.5 Å². The van der Waals surface area contributed by atoms with Crippen LogP contribution >= 0.6 is 0 Å². The van der Waals surface area contributed by atoms with Crippen molar-refractivity contribution in [3.63, 3.8) is 0 Å². The van der Waals surface area contributed by atoms with Gasteiger partial charge in [0.05, 0.1) is 12.1 Å². The molecule has 0 aliphatic carbocycles. The Morgan fingerprint density at radius 1 is 1.25 bits per heavy atom. The number of rotatable bonds is 4. The smallest absolute Gasteiger partial charge is 0.124 e. The maximum Gasteiger partial charge on any atom is 0.124 e. The molecule has 0 saturated carbocycles. The van der Waals surface area contributed by atoms with Crippen LogP contribution in [0.1, 0.15) is 43.4 Å². The van der Waals surface area contributed by atoms with Crippen molar-refractivity contribution in [1.29, 1.82) is 0 Å². The molecule has 2 N–H and O–H groups in total. The molecule has 2 rings (SSSR count). The molecule has 1 atom stereocenters. The number of likely N-dealkylation sites (N-methyl/N-ethyl adjacent to an activating group) is 1. The van der Waals surface area contributed by atoms with Crippen molar-refractivity contribution in [2.24, 2.45) is 5.73 Å². The Morgan fingerprint density at radius 2 is 1.95 bits per heavy atom. The van der Waals surface area contributed by atoms with E-state index in [1.807, 2.05) is 0 Å². The van der Waals surface area contributed by atoms with Crippen LogP contribution < -0.4 is 10.5 Å². The van der Waals surface area contributed by atoms with Gasteiger partial charge >= 0.3 is 0 Å². The average Bonchev–Trinajstić information content (AvgIpc) is 2.60. The molecule has 3 nitrogen and oxygen atoms in total. The number of nitrogens with two attached hydrogens (primary N) is 1. The maximum atomic E-state index is 6.28. The standard InChI is InChI=1S/C17H28N2O/c1-5-19(6-2)17(12-18)8-7-9-20-15-11-13(3)10-14(4)16(15)17/h10-11H,5-9,12,18H2,1-4H3. The van der Waals surface area contributed by atoms with Gasteiger partial charge in [-0.3, -0.25) is 4.90 Å². The SMILES string of the molecule is CCN(CC)C1(CN)CCCOc2cc(C)cc(C)c21. The van der Waals surface area contributed by atoms with Crippen LogP contribution in [-0.4, -0.2) is 31.1 Å². The van der Waals surface area contributed by atoms with Crippen LogP contribution in [0.2, 0.25) is 0 Å². The van der Waals surface area contributed by atoms with Crippen molar-refractivity contribution in [2.45, 2.75) is 46.1 Å². The molecule has 0 radical (unpaired) electrons. The highest BCUT2D eigenvalue weighted by atomic mass is 16.5. The van der Waals surface area contributed by atoms with Crippen molar-refractivity contribution in [3.8, 4) is 5.75 Å². The summed E-state index contributed by atoms with van der Waals surface area (Å²) in [5.74, 6) is 1.04. The minimum absolute atomic E-state index is 0.0763. The summed E-state index contributed by atoms with van der Waals surface area (Å²) in [6.07, 6.45) is 2.13. The van der Waals surface area contributed by atoms with Crippen molar-refractivity contribution in [1.82, 2.24) is 4.90 Å². The largest absolute Gasteiger partial charge is 0.493 e. The fourth-order valence-corrected chi connectivity index (χ4v) is 3.79. The highest BCUT2D eigenvalue weighted by Crippen LogP contribution is 2.42. The number of hydrogen-bond acceptors (Lipinski definition) is 3. The Hall–Kier alpha value is -1.06. The highest BCUT2D eigenvalue weighted by molar-refractivity contribution is 5.48. The molecule has 1 aliphatic heterocycles. The van der Waals surface area contributed by atoms with E-state index in [-0.39, 0.29) is 5.54 Å². The van der Waals surface area contributed by atoms with Gasteiger partial charge in [-0.1, -0.05) is 19.9 Å². The molecule has 0 spiro atoms. The van der Waals surface area contributed by atoms with Crippen molar-refractivity contribution in [2.75, 3.05) is 26.2 Å². The second-order valence-corrected chi connectivity index (χ2v) is 5.81. The van der Waals surface area contributed by atoms with Crippen LogP contribution in [0.5, 0.6) is 5.75 Å². The molecule has 0 saturated heterocycles. The zero-order valence-corrected chi connectivity index (χ0v) is 13.3. The molecule has 1 aliphatic rings. The molecular weight excluding hydrogens is 248 g/mol. The van der Waals surface area contributed by atoms with Gasteiger partial charge in [-0.25, -0.2) is 0 Å². The lowest BCUT2D eigenvalue weighted by molar-refractivity contribution is 0.0947. The van der Waals surface area contributed by atoms with Crippen LogP contribution in [0, 0.1) is 13.8 Å². The predicted octanol–water partition coefficient (Wildman–Crippen LogP) is 2.97. The molecule has 20 heavy (non-hydrogen) atoms. The molecule has 1 aromatic carbocycles. The number of nitrogens with zero attached hydrogens (tertiary/aromatic N) is 1. The summed E-state index contributed by atoms with van der Waals surface area (Å²) >= 11 is 0. The van der Waals surface area contributed by atoms with Crippen LogP contribution in [0.4, 0.5) is 0 Å². The van der Waals surface area contributed by atoms with Gasteiger partial charge in [0.2, 0.25) is 0 Å². The third kappa shape index (κ3) is 2.45. The van der Waals surface area contributed by atoms with Gasteiger partial charge in [0, 0.05) is 12.1 Å². The number of benzene rings is 1. The molecule has 0 amide bonds. The number of fused-ring (bicyclic) bond motifs is 1. The summed E-state index contributed by atoms with van der Waals surface area (Å²) in [6, 6.07) is 4.42. The molecular formula is C17H28N2O. The van der Waals surface area contributed by atoms with Gasteiger partial charge in [0.25, 0.3) is 0 Å². The normalized spacial score (nSPS) is 22.3. The summed E-state index contributed by atoms with van der Waals surface area (Å²) in [4.78, 5) is 2.50. The zero-order valence-electron chi connectivity index (χ0n) is 13.3. The van der Waals surface area contributed by atoms with Crippen molar-refractivity contribution in [3.05, 3.63) is 28.8 Å². The van der Waals surface area contributed by atoms with Crippen LogP contribution in [-0.2, 0) is 5.54 Å². The van der Waals surface area contributed by atoms with E-state index in [1.165, 1.54) is 16.7 Å². The first kappa shape index (κ1) is 15.3. The Bertz CT molecular complexity index is 468. The van der Waals surface area contributed by atoms with E-state index in [1.54, 1.807) is 0 Å². The Morgan fingerprint density at radius 3 is 2.55 bits per heavy atom. The van der Waals surface area contributed by atoms with E-state index >= 15 is 0 Å². The number of ether oxygens (including phenoxy) is 1. The Balaban J connectivity index is 2.65. The minimum atomic E-state index is -0.0763. The zero-order chi connectivity index (χ0) is 14.8. The maximum absolute atomic E-state index is 6.28. The third-order valence-corrected chi connectivity index (χ3v) is 4.61. The van der Waals surface area contributed by atoms with Gasteiger partial charge < -0.3 is 10.5 Å². The molecule has 1 aromatic rings. The van der Waals surface area contributed by atoms with E-state index < -0.39 is 0 Å². The molecule has 3 heteroatoms. The second-order valence-electron chi connectivity index (χ2n) is 5.81. The molecule has 0 fully saturated rings. The third-order valence-electron chi connectivity index (χ3n) is 4.61. The van der Waals surface area contributed by atoms with Crippen molar-refractivity contribution >= 4 is 0 Å². The summed E-state index contributed by atoms with van der Waals surface area (Å²) in [6.45, 7) is 12.2. The van der Waals surface area contributed by atoms with Gasteiger partial charge in [-0.05, 0) is 57.0 Å². The van der Waals surface area contributed by atoms with Crippen LogP contribution in [0.15, 0.2) is 12.1 Å². The van der Waals surface area contributed by atoms with Gasteiger partial charge in [0.1, 0.15) is 5.75 Å². The molecule has 1 unspecified atom stereocenters. The van der Waals surface area contributed by atoms with Gasteiger partial charge in [0.15, 0.2) is 0 Å². The van der Waals surface area contributed by atoms with E-state index in [0.29, 0.717) is 6.54 Å². The summed E-state index contributed by atoms with van der Waals surface area (Å²) in [5.41, 5.74) is 10.1. The first-order chi connectivity index (χ1) is 9.58. The monoisotopic (exact) mass is 276 g/mol. The first-order valence-electron chi connectivity index (χ1n) is 7.78. The average molecular weight is 276 g/mol. The fourth-order valence-electron chi connectivity index (χ4n) is 3.79. The van der Waals surface area contributed by atoms with Crippen LogP contribution in [0.3, 0.4) is 0 Å². The highest BCUT2D eigenvalue weighted by Gasteiger charge is 2.40. The topological polar surface area (TPSA) is 38.5 Å². The van der Waals surface area contributed by atoms with E-state index in [2.05, 4.69) is 44.7 Å². The lowest BCUT2D eigenvalue weighted by atomic mass is 9.80. The van der Waals surface area contributed by atoms with Gasteiger partial charge in [-0.2, -0.15) is 0 Å². The van der Waals surface area contributed by atoms with Crippen molar-refractivity contribution < 1.29 is 4.74 Å². The Labute approximate surface area is 123 Å². The summed E-state index contributed by atoms with van der Waals surface area (Å²) in [5, 5.41) is 0. The van der Waals surface area contributed by atoms with E-state index in [9.17, 15) is 0 Å². The number of aryl methyl sites for hydroxylation is 2. The molecule has 0 aromatic heterocycles. The lowest BCUT2D eigenvalue weighted by Crippen LogP contribution is -2.51. The molecule has 112 valence electrons. The first-order valence-corrected chi connectivity index (χ1v) is 7.78. The Kier molecular flexibility index (Phi) is 4.71. The lowest BCUT2D eigenvalue weighted by Gasteiger charge is -2.43. The predicted molar refractivity (Wildman–Crippen MR) is 84.3 cm³/mol. The fraction of sp³-hybridized carbons (Fsp3) is 0.647. The molecule has 1 heterocycles. The summed E-state index contributed by atoms with van der Waals surface area (Å²) < 4.78 is 6.02. The van der Waals surface area contributed by atoms with Crippen LogP contribution in [0.25, 0.3) is 0 Å². The number of hydrogen-bond donors (Lipinski definition) is 1. The quantitative estimate of drug-likeness (QED) is 0.919. The molecule has 0 bridgehead atoms. The van der Waals surface area contributed by atoms with Gasteiger partial charge in [-0.15, -0.1) is 0 Å². The minimum Gasteiger partial charge on any atom is -0.493 e. The second kappa shape index (κ2) is 6.15. The van der Waals surface area contributed by atoms with E-state index in [0.717, 1.165) is 38.3 Å².